The number of nitrogens with one attached hydrogen (secondary N) is 1. The van der Waals surface area contributed by atoms with Crippen molar-refractivity contribution in [3.8, 4) is 0 Å². The number of hydrogen-bond acceptors (Lipinski definition) is 4. The zero-order chi connectivity index (χ0) is 12.5. The molecular weight excluding hydrogens is 220 g/mol. The molecule has 17 heavy (non-hydrogen) atoms. The molecule has 0 atom stereocenters. The fourth-order valence-electron chi connectivity index (χ4n) is 1.19. The van der Waals surface area contributed by atoms with E-state index in [0.29, 0.717) is 19.8 Å². The van der Waals surface area contributed by atoms with Crippen molar-refractivity contribution < 1.29 is 14.6 Å². The molecule has 1 rings (SSSR count). The van der Waals surface area contributed by atoms with E-state index in [1.807, 2.05) is 0 Å². The van der Waals surface area contributed by atoms with E-state index in [-0.39, 0.29) is 5.69 Å². The van der Waals surface area contributed by atoms with Crippen LogP contribution in [0.5, 0.6) is 0 Å². The number of carboxylic acid groups (broad SMARTS) is 1. The molecule has 0 radical (unpaired) electrons. The summed E-state index contributed by atoms with van der Waals surface area (Å²) in [4.78, 5) is 14.4. The summed E-state index contributed by atoms with van der Waals surface area (Å²) in [5.74, 6) is -1.03. The zero-order valence-corrected chi connectivity index (χ0v) is 9.56. The van der Waals surface area contributed by atoms with Gasteiger partial charge >= 0.3 is 5.97 Å². The van der Waals surface area contributed by atoms with Gasteiger partial charge in [0.15, 0.2) is 0 Å². The average molecular weight is 236 g/mol. The first-order valence-electron chi connectivity index (χ1n) is 5.36. The lowest BCUT2D eigenvalue weighted by Crippen LogP contribution is -2.10. The molecule has 0 aromatic carbocycles. The van der Waals surface area contributed by atoms with Crippen LogP contribution in [-0.2, 0) is 4.74 Å². The zero-order valence-electron chi connectivity index (χ0n) is 9.56. The number of pyridine rings is 1. The summed E-state index contributed by atoms with van der Waals surface area (Å²) in [5.41, 5.74) is 0.757. The topological polar surface area (TPSA) is 71.5 Å². The molecule has 0 aliphatic heterocycles. The minimum atomic E-state index is -1.03. The second kappa shape index (κ2) is 7.40. The van der Waals surface area contributed by atoms with Crippen molar-refractivity contribution in [3.63, 3.8) is 0 Å². The monoisotopic (exact) mass is 236 g/mol. The number of carboxylic acids is 1. The minimum absolute atomic E-state index is 0.0302. The van der Waals surface area contributed by atoms with Gasteiger partial charge in [-0.25, -0.2) is 9.78 Å². The summed E-state index contributed by atoms with van der Waals surface area (Å²) in [6.45, 7) is 5.44. The first-order valence-corrected chi connectivity index (χ1v) is 5.36. The van der Waals surface area contributed by atoms with Crippen molar-refractivity contribution in [3.05, 3.63) is 36.7 Å². The third kappa shape index (κ3) is 5.12. The molecule has 0 spiro atoms. The van der Waals surface area contributed by atoms with Crippen LogP contribution in [0.4, 0.5) is 5.69 Å². The average Bonchev–Trinajstić information content (AvgIpc) is 2.34. The lowest BCUT2D eigenvalue weighted by Gasteiger charge is -2.07. The predicted octanol–water partition coefficient (Wildman–Crippen LogP) is 1.78. The number of aromatic carboxylic acids is 1. The highest BCUT2D eigenvalue weighted by Gasteiger charge is 2.04. The number of hydrogen-bond donors (Lipinski definition) is 2. The van der Waals surface area contributed by atoms with Crippen molar-refractivity contribution in [2.75, 3.05) is 25.1 Å². The van der Waals surface area contributed by atoms with Crippen LogP contribution < -0.4 is 5.32 Å². The van der Waals surface area contributed by atoms with Gasteiger partial charge in [0, 0.05) is 18.4 Å². The van der Waals surface area contributed by atoms with Crippen molar-refractivity contribution >= 4 is 11.7 Å². The van der Waals surface area contributed by atoms with Gasteiger partial charge in [0.2, 0.25) is 0 Å². The van der Waals surface area contributed by atoms with E-state index in [4.69, 9.17) is 9.84 Å². The van der Waals surface area contributed by atoms with Crippen LogP contribution in [0, 0.1) is 0 Å². The first-order chi connectivity index (χ1) is 8.24. The summed E-state index contributed by atoms with van der Waals surface area (Å²) in [7, 11) is 0. The van der Waals surface area contributed by atoms with Gasteiger partial charge in [-0.1, -0.05) is 6.08 Å². The number of ether oxygens (including phenoxy) is 1. The molecule has 0 saturated carbocycles. The molecule has 0 bridgehead atoms. The Labute approximate surface area is 100 Å². The van der Waals surface area contributed by atoms with Gasteiger partial charge in [-0.3, -0.25) is 0 Å². The van der Waals surface area contributed by atoms with E-state index in [9.17, 15) is 4.79 Å². The Morgan fingerprint density at radius 3 is 3.12 bits per heavy atom. The molecule has 0 amide bonds. The van der Waals surface area contributed by atoms with Crippen molar-refractivity contribution in [1.82, 2.24) is 4.98 Å². The number of rotatable bonds is 8. The molecule has 0 saturated heterocycles. The van der Waals surface area contributed by atoms with E-state index >= 15 is 0 Å². The van der Waals surface area contributed by atoms with E-state index in [1.165, 1.54) is 12.3 Å². The van der Waals surface area contributed by atoms with Crippen molar-refractivity contribution in [2.45, 2.75) is 6.42 Å². The molecule has 92 valence electrons. The largest absolute Gasteiger partial charge is 0.477 e. The van der Waals surface area contributed by atoms with E-state index in [0.717, 1.165) is 12.1 Å². The maximum absolute atomic E-state index is 10.7. The van der Waals surface area contributed by atoms with Gasteiger partial charge in [-0.05, 0) is 18.6 Å². The molecule has 5 heteroatoms. The van der Waals surface area contributed by atoms with Crippen molar-refractivity contribution in [1.29, 1.82) is 0 Å². The molecule has 5 nitrogen and oxygen atoms in total. The molecule has 0 fully saturated rings. The Bertz CT molecular complexity index is 380. The molecule has 0 aliphatic rings. The van der Waals surface area contributed by atoms with Crippen LogP contribution in [-0.4, -0.2) is 35.8 Å². The van der Waals surface area contributed by atoms with Gasteiger partial charge in [0.25, 0.3) is 0 Å². The van der Waals surface area contributed by atoms with Crippen LogP contribution in [0.2, 0.25) is 0 Å². The SMILES string of the molecule is C=CCCOCCNc1ccnc(C(=O)O)c1. The highest BCUT2D eigenvalue weighted by atomic mass is 16.5. The van der Waals surface area contributed by atoms with Gasteiger partial charge in [0.1, 0.15) is 5.69 Å². The van der Waals surface area contributed by atoms with Crippen molar-refractivity contribution in [2.24, 2.45) is 0 Å². The normalized spacial score (nSPS) is 9.88. The summed E-state index contributed by atoms with van der Waals surface area (Å²) in [6.07, 6.45) is 4.10. The molecular formula is C12H16N2O3. The molecule has 1 aromatic heterocycles. The second-order valence-electron chi connectivity index (χ2n) is 3.35. The molecule has 2 N–H and O–H groups in total. The predicted molar refractivity (Wildman–Crippen MR) is 65.3 cm³/mol. The minimum Gasteiger partial charge on any atom is -0.477 e. The third-order valence-corrected chi connectivity index (χ3v) is 2.02. The van der Waals surface area contributed by atoms with Crippen LogP contribution in [0.1, 0.15) is 16.9 Å². The summed E-state index contributed by atoms with van der Waals surface area (Å²) in [5, 5.41) is 11.8. The molecule has 0 unspecified atom stereocenters. The highest BCUT2D eigenvalue weighted by molar-refractivity contribution is 5.86. The number of aromatic nitrogens is 1. The number of nitrogens with zero attached hydrogens (tertiary/aromatic N) is 1. The smallest absolute Gasteiger partial charge is 0.354 e. The van der Waals surface area contributed by atoms with E-state index < -0.39 is 5.97 Å². The van der Waals surface area contributed by atoms with Crippen LogP contribution in [0.15, 0.2) is 31.0 Å². The van der Waals surface area contributed by atoms with Gasteiger partial charge in [-0.15, -0.1) is 6.58 Å². The molecule has 0 aliphatic carbocycles. The highest BCUT2D eigenvalue weighted by Crippen LogP contribution is 2.07. The van der Waals surface area contributed by atoms with E-state index in [2.05, 4.69) is 16.9 Å². The Balaban J connectivity index is 2.29. The summed E-state index contributed by atoms with van der Waals surface area (Å²) in [6, 6.07) is 3.21. The van der Waals surface area contributed by atoms with Gasteiger partial charge < -0.3 is 15.2 Å². The Morgan fingerprint density at radius 2 is 2.41 bits per heavy atom. The lowest BCUT2D eigenvalue weighted by atomic mass is 10.3. The van der Waals surface area contributed by atoms with Crippen LogP contribution >= 0.6 is 0 Å². The van der Waals surface area contributed by atoms with Crippen LogP contribution in [0.3, 0.4) is 0 Å². The quantitative estimate of drug-likeness (QED) is 0.532. The fourth-order valence-corrected chi connectivity index (χ4v) is 1.19. The Hall–Kier alpha value is -1.88. The number of carbonyl (C=O) groups is 1. The van der Waals surface area contributed by atoms with Gasteiger partial charge in [0.05, 0.1) is 13.2 Å². The lowest BCUT2D eigenvalue weighted by molar-refractivity contribution is 0.0690. The maximum Gasteiger partial charge on any atom is 0.354 e. The Kier molecular flexibility index (Phi) is 5.74. The molecule has 1 heterocycles. The number of anilines is 1. The standard InChI is InChI=1S/C12H16N2O3/c1-2-3-7-17-8-6-13-10-4-5-14-11(9-10)12(15)16/h2,4-5,9H,1,3,6-8H2,(H,13,14)(H,15,16). The summed E-state index contributed by atoms with van der Waals surface area (Å²) >= 11 is 0. The van der Waals surface area contributed by atoms with E-state index in [1.54, 1.807) is 12.1 Å². The van der Waals surface area contributed by atoms with Crippen LogP contribution in [0.25, 0.3) is 0 Å². The molecule has 1 aromatic rings. The Morgan fingerprint density at radius 1 is 1.59 bits per heavy atom. The van der Waals surface area contributed by atoms with Gasteiger partial charge in [-0.2, -0.15) is 0 Å². The summed E-state index contributed by atoms with van der Waals surface area (Å²) < 4.78 is 5.31. The third-order valence-electron chi connectivity index (χ3n) is 2.02. The second-order valence-corrected chi connectivity index (χ2v) is 3.35. The fraction of sp³-hybridized carbons (Fsp3) is 0.333. The first kappa shape index (κ1) is 13.2. The maximum atomic E-state index is 10.7.